The Kier molecular flexibility index (Phi) is 3.43. The van der Waals surface area contributed by atoms with E-state index in [1.165, 1.54) is 22.8 Å². The molecule has 0 aliphatic rings. The summed E-state index contributed by atoms with van der Waals surface area (Å²) < 4.78 is 13.4. The molecule has 17 heavy (non-hydrogen) atoms. The minimum atomic E-state index is -0.211. The molecule has 0 heterocycles. The van der Waals surface area contributed by atoms with Crippen molar-refractivity contribution in [3.8, 4) is 0 Å². The normalized spacial score (nSPS) is 10.3. The second-order valence-electron chi connectivity index (χ2n) is 4.26. The largest absolute Gasteiger partial charge is 0.379 e. The van der Waals surface area contributed by atoms with E-state index in [1.54, 1.807) is 12.1 Å². The lowest BCUT2D eigenvalue weighted by Crippen LogP contribution is -2.03. The summed E-state index contributed by atoms with van der Waals surface area (Å²) in [7, 11) is 0. The van der Waals surface area contributed by atoms with Gasteiger partial charge in [-0.3, -0.25) is 0 Å². The first kappa shape index (κ1) is 11.6. The molecular formula is C15H16FN. The number of anilines is 1. The lowest BCUT2D eigenvalue weighted by molar-refractivity contribution is 0.630. The van der Waals surface area contributed by atoms with Crippen LogP contribution in [0.15, 0.2) is 42.5 Å². The van der Waals surface area contributed by atoms with Gasteiger partial charge in [0.1, 0.15) is 5.82 Å². The number of rotatable bonds is 3. The number of aryl methyl sites for hydroxylation is 2. The number of hydrogen-bond acceptors (Lipinski definition) is 1. The van der Waals surface area contributed by atoms with Gasteiger partial charge in [-0.25, -0.2) is 4.39 Å². The SMILES string of the molecule is Cc1ccc(CNc2ccccc2F)c(C)c1. The van der Waals surface area contributed by atoms with Crippen molar-refractivity contribution in [2.45, 2.75) is 20.4 Å². The van der Waals surface area contributed by atoms with Gasteiger partial charge in [0.25, 0.3) is 0 Å². The molecule has 2 aromatic carbocycles. The average Bonchev–Trinajstić information content (AvgIpc) is 2.30. The van der Waals surface area contributed by atoms with Crippen molar-refractivity contribution in [3.05, 3.63) is 65.0 Å². The maximum absolute atomic E-state index is 13.4. The molecule has 1 nitrogen and oxygen atoms in total. The highest BCUT2D eigenvalue weighted by Gasteiger charge is 2.01. The fraction of sp³-hybridized carbons (Fsp3) is 0.200. The summed E-state index contributed by atoms with van der Waals surface area (Å²) in [6, 6.07) is 13.0. The molecule has 0 spiro atoms. The summed E-state index contributed by atoms with van der Waals surface area (Å²) in [4.78, 5) is 0. The van der Waals surface area contributed by atoms with Gasteiger partial charge < -0.3 is 5.32 Å². The average molecular weight is 229 g/mol. The van der Waals surface area contributed by atoms with Gasteiger partial charge in [0.2, 0.25) is 0 Å². The number of hydrogen-bond donors (Lipinski definition) is 1. The lowest BCUT2D eigenvalue weighted by atomic mass is 10.1. The van der Waals surface area contributed by atoms with E-state index in [4.69, 9.17) is 0 Å². The molecular weight excluding hydrogens is 213 g/mol. The Hall–Kier alpha value is -1.83. The monoisotopic (exact) mass is 229 g/mol. The molecule has 0 unspecified atom stereocenters. The molecule has 0 aliphatic carbocycles. The molecule has 0 aromatic heterocycles. The summed E-state index contributed by atoms with van der Waals surface area (Å²) in [6.07, 6.45) is 0. The van der Waals surface area contributed by atoms with Gasteiger partial charge in [0, 0.05) is 6.54 Å². The molecule has 2 aromatic rings. The third-order valence-electron chi connectivity index (χ3n) is 2.84. The third kappa shape index (κ3) is 2.84. The van der Waals surface area contributed by atoms with Crippen LogP contribution in [-0.4, -0.2) is 0 Å². The van der Waals surface area contributed by atoms with Crippen molar-refractivity contribution >= 4 is 5.69 Å². The molecule has 2 heteroatoms. The number of nitrogens with one attached hydrogen (secondary N) is 1. The van der Waals surface area contributed by atoms with Crippen molar-refractivity contribution in [2.24, 2.45) is 0 Å². The molecule has 1 N–H and O–H groups in total. The predicted molar refractivity (Wildman–Crippen MR) is 69.6 cm³/mol. The predicted octanol–water partition coefficient (Wildman–Crippen LogP) is 4.05. The molecule has 0 bridgehead atoms. The molecule has 0 atom stereocenters. The quantitative estimate of drug-likeness (QED) is 0.837. The first-order chi connectivity index (χ1) is 8.16. The standard InChI is InChI=1S/C15H16FN/c1-11-7-8-13(12(2)9-11)10-17-15-6-4-3-5-14(15)16/h3-9,17H,10H2,1-2H3. The van der Waals surface area contributed by atoms with Crippen LogP contribution in [0.5, 0.6) is 0 Å². The zero-order chi connectivity index (χ0) is 12.3. The molecule has 0 saturated carbocycles. The van der Waals surface area contributed by atoms with Gasteiger partial charge in [0.15, 0.2) is 0 Å². The maximum Gasteiger partial charge on any atom is 0.146 e. The second kappa shape index (κ2) is 5.00. The van der Waals surface area contributed by atoms with Crippen molar-refractivity contribution in [2.75, 3.05) is 5.32 Å². The summed E-state index contributed by atoms with van der Waals surface area (Å²) in [5.41, 5.74) is 4.22. The zero-order valence-corrected chi connectivity index (χ0v) is 10.1. The van der Waals surface area contributed by atoms with E-state index in [2.05, 4.69) is 37.4 Å². The van der Waals surface area contributed by atoms with Crippen LogP contribution in [0, 0.1) is 19.7 Å². The van der Waals surface area contributed by atoms with Crippen molar-refractivity contribution in [1.82, 2.24) is 0 Å². The van der Waals surface area contributed by atoms with E-state index in [-0.39, 0.29) is 5.82 Å². The van der Waals surface area contributed by atoms with E-state index in [0.29, 0.717) is 12.2 Å². The lowest BCUT2D eigenvalue weighted by Gasteiger charge is -2.10. The van der Waals surface area contributed by atoms with E-state index in [9.17, 15) is 4.39 Å². The number of halogens is 1. The fourth-order valence-electron chi connectivity index (χ4n) is 1.84. The third-order valence-corrected chi connectivity index (χ3v) is 2.84. The van der Waals surface area contributed by atoms with E-state index in [1.807, 2.05) is 6.07 Å². The van der Waals surface area contributed by atoms with Gasteiger partial charge in [-0.1, -0.05) is 35.9 Å². The minimum absolute atomic E-state index is 0.211. The Morgan fingerprint density at radius 3 is 2.53 bits per heavy atom. The molecule has 0 saturated heterocycles. The topological polar surface area (TPSA) is 12.0 Å². The Balaban J connectivity index is 2.10. The molecule has 0 aliphatic heterocycles. The van der Waals surface area contributed by atoms with Gasteiger partial charge in [-0.2, -0.15) is 0 Å². The molecule has 0 radical (unpaired) electrons. The van der Waals surface area contributed by atoms with Crippen molar-refractivity contribution in [1.29, 1.82) is 0 Å². The van der Waals surface area contributed by atoms with Crippen molar-refractivity contribution in [3.63, 3.8) is 0 Å². The van der Waals surface area contributed by atoms with Crippen LogP contribution in [-0.2, 0) is 6.54 Å². The highest BCUT2D eigenvalue weighted by molar-refractivity contribution is 5.45. The molecule has 0 fully saturated rings. The van der Waals surface area contributed by atoms with Crippen LogP contribution >= 0.6 is 0 Å². The van der Waals surface area contributed by atoms with Gasteiger partial charge in [0.05, 0.1) is 5.69 Å². The van der Waals surface area contributed by atoms with E-state index >= 15 is 0 Å². The summed E-state index contributed by atoms with van der Waals surface area (Å²) in [6.45, 7) is 4.79. The Morgan fingerprint density at radius 2 is 1.82 bits per heavy atom. The van der Waals surface area contributed by atoms with Gasteiger partial charge in [-0.15, -0.1) is 0 Å². The smallest absolute Gasteiger partial charge is 0.146 e. The van der Waals surface area contributed by atoms with Crippen LogP contribution < -0.4 is 5.32 Å². The first-order valence-corrected chi connectivity index (χ1v) is 5.71. The summed E-state index contributed by atoms with van der Waals surface area (Å²) in [5, 5.41) is 3.11. The van der Waals surface area contributed by atoms with E-state index < -0.39 is 0 Å². The van der Waals surface area contributed by atoms with Crippen LogP contribution in [0.2, 0.25) is 0 Å². The molecule has 0 amide bonds. The Labute approximate surface area is 101 Å². The number of para-hydroxylation sites is 1. The first-order valence-electron chi connectivity index (χ1n) is 5.71. The Bertz CT molecular complexity index is 520. The van der Waals surface area contributed by atoms with Crippen LogP contribution in [0.25, 0.3) is 0 Å². The van der Waals surface area contributed by atoms with Gasteiger partial charge >= 0.3 is 0 Å². The van der Waals surface area contributed by atoms with Crippen LogP contribution in [0.4, 0.5) is 10.1 Å². The molecule has 88 valence electrons. The highest BCUT2D eigenvalue weighted by atomic mass is 19.1. The zero-order valence-electron chi connectivity index (χ0n) is 10.1. The highest BCUT2D eigenvalue weighted by Crippen LogP contribution is 2.16. The van der Waals surface area contributed by atoms with Crippen LogP contribution in [0.3, 0.4) is 0 Å². The maximum atomic E-state index is 13.4. The molecule has 2 rings (SSSR count). The van der Waals surface area contributed by atoms with E-state index in [0.717, 1.165) is 0 Å². The minimum Gasteiger partial charge on any atom is -0.379 e. The number of benzene rings is 2. The summed E-state index contributed by atoms with van der Waals surface area (Å²) in [5.74, 6) is -0.211. The fourth-order valence-corrected chi connectivity index (χ4v) is 1.84. The second-order valence-corrected chi connectivity index (χ2v) is 4.26. The Morgan fingerprint density at radius 1 is 1.06 bits per heavy atom. The summed E-state index contributed by atoms with van der Waals surface area (Å²) >= 11 is 0. The van der Waals surface area contributed by atoms with Crippen molar-refractivity contribution < 1.29 is 4.39 Å². The van der Waals surface area contributed by atoms with Crippen LogP contribution in [0.1, 0.15) is 16.7 Å². The van der Waals surface area contributed by atoms with Gasteiger partial charge in [-0.05, 0) is 37.1 Å².